The molecule has 0 aliphatic carbocycles. The van der Waals surface area contributed by atoms with Crippen molar-refractivity contribution in [1.82, 2.24) is 9.21 Å². The summed E-state index contributed by atoms with van der Waals surface area (Å²) in [4.78, 5) is 2.31. The van der Waals surface area contributed by atoms with Crippen LogP contribution in [0, 0.1) is 5.82 Å². The number of likely N-dealkylation sites (N-methyl/N-ethyl adjacent to an activating group) is 1. The van der Waals surface area contributed by atoms with Gasteiger partial charge in [0.05, 0.1) is 5.75 Å². The van der Waals surface area contributed by atoms with E-state index in [9.17, 15) is 12.8 Å². The lowest BCUT2D eigenvalue weighted by molar-refractivity contribution is 0.218. The van der Waals surface area contributed by atoms with Crippen molar-refractivity contribution in [1.29, 1.82) is 0 Å². The average Bonchev–Trinajstić information content (AvgIpc) is 2.48. The first-order valence-corrected chi connectivity index (χ1v) is 8.99. The first-order chi connectivity index (χ1) is 9.97. The highest BCUT2D eigenvalue weighted by atomic mass is 32.2. The average molecular weight is 314 g/mol. The van der Waals surface area contributed by atoms with Gasteiger partial charge in [-0.05, 0) is 43.6 Å². The third-order valence-corrected chi connectivity index (χ3v) is 5.75. The molecule has 0 unspecified atom stereocenters. The van der Waals surface area contributed by atoms with E-state index >= 15 is 0 Å². The van der Waals surface area contributed by atoms with Gasteiger partial charge in [-0.3, -0.25) is 0 Å². The van der Waals surface area contributed by atoms with E-state index in [4.69, 9.17) is 0 Å². The van der Waals surface area contributed by atoms with Gasteiger partial charge in [0.25, 0.3) is 0 Å². The predicted molar refractivity (Wildman–Crippen MR) is 81.9 cm³/mol. The molecule has 0 radical (unpaired) electrons. The predicted octanol–water partition coefficient (Wildman–Crippen LogP) is 2.07. The summed E-state index contributed by atoms with van der Waals surface area (Å²) in [6.45, 7) is 3.40. The molecule has 118 valence electrons. The Labute approximate surface area is 126 Å². The fourth-order valence-electron chi connectivity index (χ4n) is 2.51. The van der Waals surface area contributed by atoms with Gasteiger partial charge in [-0.15, -0.1) is 0 Å². The lowest BCUT2D eigenvalue weighted by Crippen LogP contribution is -2.39. The van der Waals surface area contributed by atoms with Crippen LogP contribution in [0.3, 0.4) is 0 Å². The number of piperidine rings is 1. The number of hydrogen-bond donors (Lipinski definition) is 0. The number of benzene rings is 1. The number of hydrogen-bond acceptors (Lipinski definition) is 3. The molecular formula is C15H23FN2O2S. The smallest absolute Gasteiger partial charge is 0.218 e. The molecule has 1 aliphatic heterocycles. The summed E-state index contributed by atoms with van der Waals surface area (Å²) in [6, 6.07) is 5.62. The molecule has 0 spiro atoms. The van der Waals surface area contributed by atoms with Crippen molar-refractivity contribution in [3.63, 3.8) is 0 Å². The van der Waals surface area contributed by atoms with Crippen molar-refractivity contribution >= 4 is 10.0 Å². The first kappa shape index (κ1) is 16.4. The lowest BCUT2D eigenvalue weighted by Gasteiger charge is -2.28. The molecule has 1 aromatic carbocycles. The summed E-state index contributed by atoms with van der Waals surface area (Å²) in [6.07, 6.45) is 3.67. The number of sulfonamides is 1. The monoisotopic (exact) mass is 314 g/mol. The van der Waals surface area contributed by atoms with E-state index in [0.29, 0.717) is 12.1 Å². The van der Waals surface area contributed by atoms with Crippen molar-refractivity contribution in [2.45, 2.75) is 25.0 Å². The Kier molecular flexibility index (Phi) is 5.72. The SMILES string of the molecule is CN(CCN1CCCCC1)S(=O)(=O)Cc1ccc(F)cc1. The van der Waals surface area contributed by atoms with Crippen molar-refractivity contribution in [3.05, 3.63) is 35.6 Å². The highest BCUT2D eigenvalue weighted by Crippen LogP contribution is 2.12. The summed E-state index contributed by atoms with van der Waals surface area (Å²) in [5.74, 6) is -0.432. The normalized spacial score (nSPS) is 17.3. The molecule has 0 atom stereocenters. The molecule has 1 heterocycles. The maximum Gasteiger partial charge on any atom is 0.218 e. The Balaban J connectivity index is 1.87. The zero-order chi connectivity index (χ0) is 15.3. The molecule has 6 heteroatoms. The van der Waals surface area contributed by atoms with Gasteiger partial charge in [-0.2, -0.15) is 0 Å². The fraction of sp³-hybridized carbons (Fsp3) is 0.600. The largest absolute Gasteiger partial charge is 0.302 e. The van der Waals surface area contributed by atoms with Gasteiger partial charge in [0.15, 0.2) is 0 Å². The molecule has 4 nitrogen and oxygen atoms in total. The van der Waals surface area contributed by atoms with Crippen LogP contribution in [0.1, 0.15) is 24.8 Å². The van der Waals surface area contributed by atoms with Gasteiger partial charge in [0, 0.05) is 20.1 Å². The molecular weight excluding hydrogens is 291 g/mol. The third-order valence-electron chi connectivity index (χ3n) is 3.92. The van der Waals surface area contributed by atoms with Gasteiger partial charge >= 0.3 is 0 Å². The van der Waals surface area contributed by atoms with E-state index in [1.165, 1.54) is 47.8 Å². The van der Waals surface area contributed by atoms with E-state index in [1.807, 2.05) is 0 Å². The molecule has 1 fully saturated rings. The number of likely N-dealkylation sites (tertiary alicyclic amines) is 1. The topological polar surface area (TPSA) is 40.6 Å². The van der Waals surface area contributed by atoms with Crippen LogP contribution in [0.5, 0.6) is 0 Å². The lowest BCUT2D eigenvalue weighted by atomic mass is 10.1. The minimum Gasteiger partial charge on any atom is -0.302 e. The summed E-state index contributed by atoms with van der Waals surface area (Å²) in [5, 5.41) is 0. The molecule has 0 aromatic heterocycles. The van der Waals surface area contributed by atoms with Gasteiger partial charge in [0.1, 0.15) is 5.82 Å². The Morgan fingerprint density at radius 1 is 1.14 bits per heavy atom. The van der Waals surface area contributed by atoms with Gasteiger partial charge in [0.2, 0.25) is 10.0 Å². The van der Waals surface area contributed by atoms with E-state index < -0.39 is 10.0 Å². The van der Waals surface area contributed by atoms with Crippen molar-refractivity contribution in [2.75, 3.05) is 33.2 Å². The van der Waals surface area contributed by atoms with E-state index in [1.54, 1.807) is 7.05 Å². The molecule has 1 aliphatic rings. The van der Waals surface area contributed by atoms with Gasteiger partial charge in [-0.1, -0.05) is 18.6 Å². The zero-order valence-electron chi connectivity index (χ0n) is 12.5. The Morgan fingerprint density at radius 2 is 1.76 bits per heavy atom. The summed E-state index contributed by atoms with van der Waals surface area (Å²) in [5.41, 5.74) is 0.612. The number of nitrogens with zero attached hydrogens (tertiary/aromatic N) is 2. The van der Waals surface area contributed by atoms with E-state index in [2.05, 4.69) is 4.90 Å². The Bertz CT molecular complexity index is 539. The minimum atomic E-state index is -3.34. The first-order valence-electron chi connectivity index (χ1n) is 7.38. The standard InChI is InChI=1S/C15H23FN2O2S/c1-17(11-12-18-9-3-2-4-10-18)21(19,20)13-14-5-7-15(16)8-6-14/h5-8H,2-4,9-13H2,1H3. The van der Waals surface area contributed by atoms with Crippen LogP contribution in [0.25, 0.3) is 0 Å². The van der Waals surface area contributed by atoms with Crippen LogP contribution in [-0.4, -0.2) is 50.8 Å². The zero-order valence-corrected chi connectivity index (χ0v) is 13.3. The molecule has 21 heavy (non-hydrogen) atoms. The second-order valence-corrected chi connectivity index (χ2v) is 7.68. The van der Waals surface area contributed by atoms with E-state index in [-0.39, 0.29) is 11.6 Å². The quantitative estimate of drug-likeness (QED) is 0.807. The van der Waals surface area contributed by atoms with Crippen LogP contribution in [0.15, 0.2) is 24.3 Å². The second kappa shape index (κ2) is 7.33. The summed E-state index contributed by atoms with van der Waals surface area (Å²) in [7, 11) is -1.73. The molecule has 0 N–H and O–H groups in total. The molecule has 0 bridgehead atoms. The van der Waals surface area contributed by atoms with Crippen molar-refractivity contribution in [3.8, 4) is 0 Å². The summed E-state index contributed by atoms with van der Waals surface area (Å²) < 4.78 is 38.8. The highest BCUT2D eigenvalue weighted by Gasteiger charge is 2.20. The van der Waals surface area contributed by atoms with Crippen LogP contribution in [0.4, 0.5) is 4.39 Å². The molecule has 1 saturated heterocycles. The van der Waals surface area contributed by atoms with Crippen molar-refractivity contribution < 1.29 is 12.8 Å². The number of halogens is 1. The maximum absolute atomic E-state index is 12.8. The maximum atomic E-state index is 12.8. The minimum absolute atomic E-state index is 0.0796. The highest BCUT2D eigenvalue weighted by molar-refractivity contribution is 7.88. The fourth-order valence-corrected chi connectivity index (χ4v) is 3.70. The third kappa shape index (κ3) is 5.05. The van der Waals surface area contributed by atoms with E-state index in [0.717, 1.165) is 19.6 Å². The van der Waals surface area contributed by atoms with Crippen LogP contribution in [0.2, 0.25) is 0 Å². The van der Waals surface area contributed by atoms with Crippen LogP contribution in [-0.2, 0) is 15.8 Å². The number of rotatable bonds is 6. The summed E-state index contributed by atoms with van der Waals surface area (Å²) >= 11 is 0. The van der Waals surface area contributed by atoms with Crippen LogP contribution < -0.4 is 0 Å². The van der Waals surface area contributed by atoms with Crippen molar-refractivity contribution in [2.24, 2.45) is 0 Å². The Hall–Kier alpha value is -0.980. The molecule has 0 saturated carbocycles. The van der Waals surface area contributed by atoms with Gasteiger partial charge in [-0.25, -0.2) is 17.1 Å². The molecule has 1 aromatic rings. The second-order valence-electron chi connectivity index (χ2n) is 5.61. The van der Waals surface area contributed by atoms with Gasteiger partial charge < -0.3 is 4.90 Å². The Morgan fingerprint density at radius 3 is 2.38 bits per heavy atom. The molecule has 2 rings (SSSR count). The molecule has 0 amide bonds. The van der Waals surface area contributed by atoms with Crippen LogP contribution >= 0.6 is 0 Å².